The Kier molecular flexibility index (Phi) is 4.85. The second kappa shape index (κ2) is 5.72. The van der Waals surface area contributed by atoms with Crippen LogP contribution in [0.5, 0.6) is 0 Å². The SMILES string of the molecule is CS(=O)(=O)CCCNc1ccc(N)cc1I. The molecule has 0 radical (unpaired) electrons. The number of nitrogens with two attached hydrogens (primary N) is 1. The van der Waals surface area contributed by atoms with Crippen LogP contribution in [0.2, 0.25) is 0 Å². The van der Waals surface area contributed by atoms with Crippen molar-refractivity contribution in [2.24, 2.45) is 0 Å². The van der Waals surface area contributed by atoms with E-state index in [9.17, 15) is 8.42 Å². The van der Waals surface area contributed by atoms with Gasteiger partial charge in [0.25, 0.3) is 0 Å². The van der Waals surface area contributed by atoms with Crippen LogP contribution in [0.25, 0.3) is 0 Å². The first-order valence-corrected chi connectivity index (χ1v) is 7.99. The number of benzene rings is 1. The Labute approximate surface area is 110 Å². The van der Waals surface area contributed by atoms with Gasteiger partial charge in [-0.2, -0.15) is 0 Å². The largest absolute Gasteiger partial charge is 0.399 e. The molecular formula is C10H15IN2O2S. The normalized spacial score (nSPS) is 11.4. The number of nitrogens with one attached hydrogen (secondary N) is 1. The van der Waals surface area contributed by atoms with Gasteiger partial charge in [-0.3, -0.25) is 0 Å². The summed E-state index contributed by atoms with van der Waals surface area (Å²) < 4.78 is 22.9. The Balaban J connectivity index is 2.43. The number of sulfone groups is 1. The molecule has 0 heterocycles. The van der Waals surface area contributed by atoms with Gasteiger partial charge < -0.3 is 11.1 Å². The van der Waals surface area contributed by atoms with Gasteiger partial charge in [-0.1, -0.05) is 0 Å². The molecule has 1 rings (SSSR count). The fourth-order valence-electron chi connectivity index (χ4n) is 1.23. The van der Waals surface area contributed by atoms with Gasteiger partial charge in [0.1, 0.15) is 9.84 Å². The number of hydrogen-bond acceptors (Lipinski definition) is 4. The predicted molar refractivity (Wildman–Crippen MR) is 76.4 cm³/mol. The van der Waals surface area contributed by atoms with E-state index in [0.717, 1.165) is 14.9 Å². The van der Waals surface area contributed by atoms with Crippen molar-refractivity contribution in [3.05, 3.63) is 21.8 Å². The first kappa shape index (κ1) is 13.6. The lowest BCUT2D eigenvalue weighted by molar-refractivity contribution is 0.600. The fraction of sp³-hybridized carbons (Fsp3) is 0.400. The van der Waals surface area contributed by atoms with Crippen LogP contribution in [-0.2, 0) is 9.84 Å². The second-order valence-corrected chi connectivity index (χ2v) is 7.07. The second-order valence-electron chi connectivity index (χ2n) is 3.65. The van der Waals surface area contributed by atoms with E-state index in [2.05, 4.69) is 27.9 Å². The molecular weight excluding hydrogens is 339 g/mol. The maximum atomic E-state index is 10.9. The number of hydrogen-bond donors (Lipinski definition) is 2. The summed E-state index contributed by atoms with van der Waals surface area (Å²) in [5.41, 5.74) is 7.34. The molecule has 6 heteroatoms. The van der Waals surface area contributed by atoms with Crippen molar-refractivity contribution in [2.45, 2.75) is 6.42 Å². The van der Waals surface area contributed by atoms with Crippen LogP contribution >= 0.6 is 22.6 Å². The minimum absolute atomic E-state index is 0.214. The molecule has 0 saturated heterocycles. The first-order chi connectivity index (χ1) is 7.38. The van der Waals surface area contributed by atoms with Gasteiger partial charge in [0.2, 0.25) is 0 Å². The maximum absolute atomic E-state index is 10.9. The zero-order valence-electron chi connectivity index (χ0n) is 9.03. The summed E-state index contributed by atoms with van der Waals surface area (Å²) in [6, 6.07) is 5.60. The van der Waals surface area contributed by atoms with Crippen LogP contribution in [0.1, 0.15) is 6.42 Å². The van der Waals surface area contributed by atoms with E-state index < -0.39 is 9.84 Å². The van der Waals surface area contributed by atoms with Crippen molar-refractivity contribution in [3.63, 3.8) is 0 Å². The molecule has 0 fully saturated rings. The van der Waals surface area contributed by atoms with Gasteiger partial charge in [0.05, 0.1) is 5.75 Å². The average Bonchev–Trinajstić information content (AvgIpc) is 2.13. The monoisotopic (exact) mass is 354 g/mol. The predicted octanol–water partition coefficient (Wildman–Crippen LogP) is 1.72. The van der Waals surface area contributed by atoms with Crippen LogP contribution in [-0.4, -0.2) is 27.0 Å². The Morgan fingerprint density at radius 1 is 1.44 bits per heavy atom. The van der Waals surface area contributed by atoms with Crippen molar-refractivity contribution in [3.8, 4) is 0 Å². The lowest BCUT2D eigenvalue weighted by Crippen LogP contribution is -2.10. The highest BCUT2D eigenvalue weighted by Gasteiger charge is 2.02. The fourth-order valence-corrected chi connectivity index (χ4v) is 2.63. The minimum Gasteiger partial charge on any atom is -0.399 e. The number of rotatable bonds is 5. The summed E-state index contributed by atoms with van der Waals surface area (Å²) in [6.07, 6.45) is 1.86. The lowest BCUT2D eigenvalue weighted by Gasteiger charge is -2.08. The van der Waals surface area contributed by atoms with Gasteiger partial charge in [0, 0.05) is 27.7 Å². The Morgan fingerprint density at radius 3 is 2.69 bits per heavy atom. The molecule has 0 spiro atoms. The summed E-state index contributed by atoms with van der Waals surface area (Å²) in [6.45, 7) is 0.646. The zero-order chi connectivity index (χ0) is 12.2. The molecule has 0 amide bonds. The van der Waals surface area contributed by atoms with E-state index in [1.54, 1.807) is 0 Å². The van der Waals surface area contributed by atoms with Crippen LogP contribution in [0.3, 0.4) is 0 Å². The number of halogens is 1. The van der Waals surface area contributed by atoms with Crippen molar-refractivity contribution < 1.29 is 8.42 Å². The van der Waals surface area contributed by atoms with Crippen molar-refractivity contribution in [1.29, 1.82) is 0 Å². The number of nitrogen functional groups attached to an aromatic ring is 1. The molecule has 0 aliphatic heterocycles. The zero-order valence-corrected chi connectivity index (χ0v) is 12.0. The van der Waals surface area contributed by atoms with Crippen LogP contribution in [0.4, 0.5) is 11.4 Å². The topological polar surface area (TPSA) is 72.2 Å². The molecule has 0 aromatic heterocycles. The molecule has 0 unspecified atom stereocenters. The van der Waals surface area contributed by atoms with Crippen LogP contribution < -0.4 is 11.1 Å². The Hall–Kier alpha value is -0.500. The average molecular weight is 354 g/mol. The highest BCUT2D eigenvalue weighted by Crippen LogP contribution is 2.20. The summed E-state index contributed by atoms with van der Waals surface area (Å²) in [4.78, 5) is 0. The van der Waals surface area contributed by atoms with Crippen molar-refractivity contribution >= 4 is 43.8 Å². The molecule has 0 bridgehead atoms. The van der Waals surface area contributed by atoms with Gasteiger partial charge in [0.15, 0.2) is 0 Å². The van der Waals surface area contributed by atoms with E-state index in [1.165, 1.54) is 6.26 Å². The summed E-state index contributed by atoms with van der Waals surface area (Å²) in [5, 5.41) is 3.19. The quantitative estimate of drug-likeness (QED) is 0.480. The van der Waals surface area contributed by atoms with E-state index in [1.807, 2.05) is 18.2 Å². The standard InChI is InChI=1S/C10H15IN2O2S/c1-16(14,15)6-2-5-13-10-4-3-8(12)7-9(10)11/h3-4,7,13H,2,5-6,12H2,1H3. The van der Waals surface area contributed by atoms with E-state index >= 15 is 0 Å². The van der Waals surface area contributed by atoms with E-state index in [0.29, 0.717) is 13.0 Å². The third kappa shape index (κ3) is 5.02. The summed E-state index contributed by atoms with van der Waals surface area (Å²) in [5.74, 6) is 0.214. The van der Waals surface area contributed by atoms with Crippen molar-refractivity contribution in [1.82, 2.24) is 0 Å². The van der Waals surface area contributed by atoms with Crippen LogP contribution in [0.15, 0.2) is 18.2 Å². The highest BCUT2D eigenvalue weighted by molar-refractivity contribution is 14.1. The summed E-state index contributed by atoms with van der Waals surface area (Å²) in [7, 11) is -2.86. The molecule has 0 aliphatic carbocycles. The van der Waals surface area contributed by atoms with Gasteiger partial charge in [-0.05, 0) is 47.2 Å². The lowest BCUT2D eigenvalue weighted by atomic mass is 10.3. The molecule has 90 valence electrons. The van der Waals surface area contributed by atoms with Crippen LogP contribution in [0, 0.1) is 3.57 Å². The number of anilines is 2. The third-order valence-electron chi connectivity index (χ3n) is 2.00. The maximum Gasteiger partial charge on any atom is 0.147 e. The molecule has 16 heavy (non-hydrogen) atoms. The van der Waals surface area contributed by atoms with E-state index in [-0.39, 0.29) is 5.75 Å². The summed E-state index contributed by atoms with van der Waals surface area (Å²) >= 11 is 2.19. The van der Waals surface area contributed by atoms with Crippen molar-refractivity contribution in [2.75, 3.05) is 29.6 Å². The minimum atomic E-state index is -2.86. The molecule has 0 saturated carbocycles. The highest BCUT2D eigenvalue weighted by atomic mass is 127. The molecule has 1 aromatic carbocycles. The van der Waals surface area contributed by atoms with Gasteiger partial charge in [-0.25, -0.2) is 8.42 Å². The molecule has 0 atom stereocenters. The Morgan fingerprint density at radius 2 is 2.12 bits per heavy atom. The molecule has 0 aliphatic rings. The third-order valence-corrected chi connectivity index (χ3v) is 3.92. The molecule has 1 aromatic rings. The smallest absolute Gasteiger partial charge is 0.147 e. The van der Waals surface area contributed by atoms with E-state index in [4.69, 9.17) is 5.73 Å². The Bertz CT molecular complexity index is 460. The van der Waals surface area contributed by atoms with Gasteiger partial charge in [-0.15, -0.1) is 0 Å². The molecule has 4 nitrogen and oxygen atoms in total. The van der Waals surface area contributed by atoms with Gasteiger partial charge >= 0.3 is 0 Å². The molecule has 3 N–H and O–H groups in total. The first-order valence-electron chi connectivity index (χ1n) is 4.85.